The van der Waals surface area contributed by atoms with Gasteiger partial charge in [0.15, 0.2) is 0 Å². The van der Waals surface area contributed by atoms with E-state index in [9.17, 15) is 4.79 Å². The van der Waals surface area contributed by atoms with E-state index in [1.165, 1.54) is 0 Å². The maximum atomic E-state index is 12.0. The Morgan fingerprint density at radius 3 is 2.95 bits per heavy atom. The minimum absolute atomic E-state index is 0.232. The van der Waals surface area contributed by atoms with Crippen LogP contribution in [0.3, 0.4) is 0 Å². The van der Waals surface area contributed by atoms with Crippen molar-refractivity contribution >= 4 is 11.7 Å². The summed E-state index contributed by atoms with van der Waals surface area (Å²) in [4.78, 5) is 15.9. The lowest BCUT2D eigenvalue weighted by atomic mass is 10.2. The van der Waals surface area contributed by atoms with Crippen molar-refractivity contribution in [2.45, 2.75) is 19.9 Å². The van der Waals surface area contributed by atoms with Gasteiger partial charge in [-0.2, -0.15) is 0 Å². The number of hydrogen-bond donors (Lipinski definition) is 2. The molecule has 0 bridgehead atoms. The molecule has 0 saturated heterocycles. The van der Waals surface area contributed by atoms with E-state index in [1.807, 2.05) is 24.3 Å². The van der Waals surface area contributed by atoms with Crippen molar-refractivity contribution in [3.8, 4) is 5.75 Å². The smallest absolute Gasteiger partial charge is 0.255 e. The Morgan fingerprint density at radius 1 is 1.33 bits per heavy atom. The predicted octanol–water partition coefficient (Wildman–Crippen LogP) is 2.38. The van der Waals surface area contributed by atoms with Crippen molar-refractivity contribution in [2.24, 2.45) is 0 Å². The molecule has 5 nitrogen and oxygen atoms in total. The van der Waals surface area contributed by atoms with Gasteiger partial charge in [0.25, 0.3) is 5.91 Å². The minimum atomic E-state index is -0.236. The van der Waals surface area contributed by atoms with Crippen molar-refractivity contribution < 1.29 is 9.53 Å². The number of pyridine rings is 1. The van der Waals surface area contributed by atoms with Crippen molar-refractivity contribution in [2.75, 3.05) is 12.3 Å². The lowest BCUT2D eigenvalue weighted by Crippen LogP contribution is -2.24. The van der Waals surface area contributed by atoms with Crippen LogP contribution in [0.1, 0.15) is 29.3 Å². The summed E-state index contributed by atoms with van der Waals surface area (Å²) in [5, 5.41) is 2.82. The average molecular weight is 285 g/mol. The van der Waals surface area contributed by atoms with Gasteiger partial charge in [-0.05, 0) is 36.2 Å². The standard InChI is InChI=1S/C16H19N3O2/c1-2-9-21-13-6-3-5-12(10-13)11-19-16(20)14-7-4-8-18-15(14)17/h3-8,10H,2,9,11H2,1H3,(H2,17,18)(H,19,20). The van der Waals surface area contributed by atoms with Crippen LogP contribution in [-0.2, 0) is 6.54 Å². The van der Waals surface area contributed by atoms with E-state index in [1.54, 1.807) is 18.3 Å². The number of benzene rings is 1. The van der Waals surface area contributed by atoms with Gasteiger partial charge in [-0.25, -0.2) is 4.98 Å². The Bertz CT molecular complexity index is 614. The zero-order valence-electron chi connectivity index (χ0n) is 12.0. The third kappa shape index (κ3) is 4.21. The molecule has 1 heterocycles. The van der Waals surface area contributed by atoms with E-state index < -0.39 is 0 Å². The maximum absolute atomic E-state index is 12.0. The molecule has 0 spiro atoms. The molecule has 3 N–H and O–H groups in total. The van der Waals surface area contributed by atoms with E-state index in [0.717, 1.165) is 17.7 Å². The number of rotatable bonds is 6. The van der Waals surface area contributed by atoms with Crippen LogP contribution in [0.15, 0.2) is 42.6 Å². The number of carbonyl (C=O) groups excluding carboxylic acids is 1. The van der Waals surface area contributed by atoms with Crippen LogP contribution in [0.5, 0.6) is 5.75 Å². The number of nitrogen functional groups attached to an aromatic ring is 1. The van der Waals surface area contributed by atoms with Crippen LogP contribution >= 0.6 is 0 Å². The summed E-state index contributed by atoms with van der Waals surface area (Å²) in [6, 6.07) is 11.0. The fourth-order valence-electron chi connectivity index (χ4n) is 1.85. The zero-order valence-corrected chi connectivity index (χ0v) is 12.0. The van der Waals surface area contributed by atoms with E-state index in [4.69, 9.17) is 10.5 Å². The molecule has 0 aliphatic heterocycles. The van der Waals surface area contributed by atoms with E-state index in [-0.39, 0.29) is 11.7 Å². The topological polar surface area (TPSA) is 77.2 Å². The molecule has 1 aromatic heterocycles. The summed E-state index contributed by atoms with van der Waals surface area (Å²) in [6.07, 6.45) is 2.52. The van der Waals surface area contributed by atoms with Crippen molar-refractivity contribution in [3.05, 3.63) is 53.7 Å². The molecular formula is C16H19N3O2. The first kappa shape index (κ1) is 14.8. The van der Waals surface area contributed by atoms with Gasteiger partial charge in [0.1, 0.15) is 11.6 Å². The fourth-order valence-corrected chi connectivity index (χ4v) is 1.85. The number of anilines is 1. The Kier molecular flexibility index (Phi) is 5.15. The fraction of sp³-hybridized carbons (Fsp3) is 0.250. The van der Waals surface area contributed by atoms with Gasteiger partial charge in [-0.15, -0.1) is 0 Å². The van der Waals surface area contributed by atoms with Gasteiger partial charge in [0.05, 0.1) is 12.2 Å². The highest BCUT2D eigenvalue weighted by Crippen LogP contribution is 2.14. The molecule has 0 saturated carbocycles. The molecule has 0 unspecified atom stereocenters. The normalized spacial score (nSPS) is 10.1. The Labute approximate surface area is 124 Å². The maximum Gasteiger partial charge on any atom is 0.255 e. The van der Waals surface area contributed by atoms with Gasteiger partial charge in [-0.1, -0.05) is 19.1 Å². The van der Waals surface area contributed by atoms with E-state index in [2.05, 4.69) is 17.2 Å². The molecule has 0 fully saturated rings. The number of carbonyl (C=O) groups is 1. The van der Waals surface area contributed by atoms with Gasteiger partial charge in [0.2, 0.25) is 0 Å². The van der Waals surface area contributed by atoms with Crippen molar-refractivity contribution in [3.63, 3.8) is 0 Å². The second-order valence-corrected chi connectivity index (χ2v) is 4.61. The number of nitrogens with zero attached hydrogens (tertiary/aromatic N) is 1. The lowest BCUT2D eigenvalue weighted by molar-refractivity contribution is 0.0951. The molecule has 110 valence electrons. The molecule has 0 radical (unpaired) electrons. The first-order valence-corrected chi connectivity index (χ1v) is 6.91. The number of amides is 1. The first-order valence-electron chi connectivity index (χ1n) is 6.91. The molecule has 2 aromatic rings. The SMILES string of the molecule is CCCOc1cccc(CNC(=O)c2cccnc2N)c1. The van der Waals surface area contributed by atoms with Gasteiger partial charge in [0, 0.05) is 12.7 Å². The van der Waals surface area contributed by atoms with Gasteiger partial charge in [-0.3, -0.25) is 4.79 Å². The summed E-state index contributed by atoms with van der Waals surface area (Å²) in [7, 11) is 0. The molecule has 1 amide bonds. The molecule has 5 heteroatoms. The number of nitrogens with one attached hydrogen (secondary N) is 1. The van der Waals surface area contributed by atoms with Crippen LogP contribution in [0.2, 0.25) is 0 Å². The summed E-state index contributed by atoms with van der Waals surface area (Å²) in [5.74, 6) is 0.806. The molecular weight excluding hydrogens is 266 g/mol. The monoisotopic (exact) mass is 285 g/mol. The van der Waals surface area contributed by atoms with Crippen LogP contribution in [-0.4, -0.2) is 17.5 Å². The third-order valence-electron chi connectivity index (χ3n) is 2.91. The highest BCUT2D eigenvalue weighted by atomic mass is 16.5. The van der Waals surface area contributed by atoms with Crippen LogP contribution in [0, 0.1) is 0 Å². The first-order chi connectivity index (χ1) is 10.2. The molecule has 0 aliphatic rings. The zero-order chi connectivity index (χ0) is 15.1. The quantitative estimate of drug-likeness (QED) is 0.854. The van der Waals surface area contributed by atoms with Crippen molar-refractivity contribution in [1.29, 1.82) is 0 Å². The minimum Gasteiger partial charge on any atom is -0.494 e. The second kappa shape index (κ2) is 7.28. The summed E-state index contributed by atoms with van der Waals surface area (Å²) in [6.45, 7) is 3.15. The van der Waals surface area contributed by atoms with Crippen LogP contribution in [0.4, 0.5) is 5.82 Å². The number of ether oxygens (including phenoxy) is 1. The molecule has 0 atom stereocenters. The highest BCUT2D eigenvalue weighted by molar-refractivity contribution is 5.98. The van der Waals surface area contributed by atoms with E-state index in [0.29, 0.717) is 18.7 Å². The summed E-state index contributed by atoms with van der Waals surface area (Å²) in [5.41, 5.74) is 7.03. The molecule has 0 aliphatic carbocycles. The summed E-state index contributed by atoms with van der Waals surface area (Å²) >= 11 is 0. The van der Waals surface area contributed by atoms with Gasteiger partial charge < -0.3 is 15.8 Å². The average Bonchev–Trinajstić information content (AvgIpc) is 2.51. The number of hydrogen-bond acceptors (Lipinski definition) is 4. The highest BCUT2D eigenvalue weighted by Gasteiger charge is 2.09. The number of nitrogens with two attached hydrogens (primary N) is 1. The van der Waals surface area contributed by atoms with E-state index >= 15 is 0 Å². The van der Waals surface area contributed by atoms with Gasteiger partial charge >= 0.3 is 0 Å². The Hall–Kier alpha value is -2.56. The van der Waals surface area contributed by atoms with Crippen LogP contribution in [0.25, 0.3) is 0 Å². The second-order valence-electron chi connectivity index (χ2n) is 4.61. The molecule has 21 heavy (non-hydrogen) atoms. The molecule has 2 rings (SSSR count). The molecule has 1 aromatic carbocycles. The van der Waals surface area contributed by atoms with Crippen molar-refractivity contribution in [1.82, 2.24) is 10.3 Å². The Morgan fingerprint density at radius 2 is 2.19 bits per heavy atom. The summed E-state index contributed by atoms with van der Waals surface area (Å²) < 4.78 is 5.56. The lowest BCUT2D eigenvalue weighted by Gasteiger charge is -2.09. The number of aromatic nitrogens is 1. The largest absolute Gasteiger partial charge is 0.494 e. The predicted molar refractivity (Wildman–Crippen MR) is 82.0 cm³/mol. The third-order valence-corrected chi connectivity index (χ3v) is 2.91. The Balaban J connectivity index is 1.96. The van der Waals surface area contributed by atoms with Crippen LogP contribution < -0.4 is 15.8 Å².